The molecule has 0 aliphatic carbocycles. The predicted molar refractivity (Wildman–Crippen MR) is 76.0 cm³/mol. The van der Waals surface area contributed by atoms with Crippen molar-refractivity contribution in [2.45, 2.75) is 11.8 Å². The second-order valence-electron chi connectivity index (χ2n) is 3.69. The second-order valence-corrected chi connectivity index (χ2v) is 5.04. The summed E-state index contributed by atoms with van der Waals surface area (Å²) in [5, 5.41) is 18.2. The van der Waals surface area contributed by atoms with Crippen molar-refractivity contribution in [1.82, 2.24) is 14.8 Å². The maximum Gasteiger partial charge on any atom is 0.191 e. The van der Waals surface area contributed by atoms with Crippen LogP contribution < -0.4 is 0 Å². The zero-order chi connectivity index (χ0) is 13.7. The molecule has 1 N–H and O–H groups in total. The summed E-state index contributed by atoms with van der Waals surface area (Å²) in [5.41, 5.74) is 0.818. The van der Waals surface area contributed by atoms with Crippen LogP contribution in [0.5, 0.6) is 0 Å². The van der Waals surface area contributed by atoms with Gasteiger partial charge in [0, 0.05) is 12.6 Å². The third-order valence-electron chi connectivity index (χ3n) is 2.44. The van der Waals surface area contributed by atoms with Crippen molar-refractivity contribution in [3.63, 3.8) is 0 Å². The number of nitrogens with zero attached hydrogens (tertiary/aromatic N) is 3. The van der Waals surface area contributed by atoms with Crippen molar-refractivity contribution >= 4 is 23.4 Å². The summed E-state index contributed by atoms with van der Waals surface area (Å²) in [6.45, 7) is -0.116. The minimum absolute atomic E-state index is 0.116. The highest BCUT2D eigenvalue weighted by molar-refractivity contribution is 7.99. The first kappa shape index (κ1) is 13.9. The molecule has 2 aromatic rings. The standard InChI is InChI=1S/C13H12ClN3OS/c1-17-12(9-18)15-16-13(17)19-8-4-6-10-5-2-3-7-11(10)14/h2-3,5,7,18H,8-9H2,1H3. The SMILES string of the molecule is Cn1c(CO)nnc1SCC#Cc1ccccc1Cl. The normalized spacial score (nSPS) is 10.1. The highest BCUT2D eigenvalue weighted by Gasteiger charge is 2.06. The Morgan fingerprint density at radius 1 is 1.37 bits per heavy atom. The molecule has 6 heteroatoms. The van der Waals surface area contributed by atoms with Gasteiger partial charge < -0.3 is 9.67 Å². The van der Waals surface area contributed by atoms with Gasteiger partial charge >= 0.3 is 0 Å². The summed E-state index contributed by atoms with van der Waals surface area (Å²) in [6, 6.07) is 7.47. The Bertz CT molecular complexity index is 630. The lowest BCUT2D eigenvalue weighted by Crippen LogP contribution is -1.98. The van der Waals surface area contributed by atoms with Crippen LogP contribution in [0.2, 0.25) is 5.02 Å². The molecule has 1 aromatic heterocycles. The summed E-state index contributed by atoms with van der Waals surface area (Å²) in [5.74, 6) is 7.17. The molecule has 0 unspecified atom stereocenters. The van der Waals surface area contributed by atoms with Gasteiger partial charge in [0.05, 0.1) is 10.8 Å². The lowest BCUT2D eigenvalue weighted by molar-refractivity contribution is 0.266. The van der Waals surface area contributed by atoms with Gasteiger partial charge in [-0.2, -0.15) is 0 Å². The number of aliphatic hydroxyl groups excluding tert-OH is 1. The van der Waals surface area contributed by atoms with Crippen molar-refractivity contribution in [2.24, 2.45) is 7.05 Å². The average molecular weight is 294 g/mol. The maximum absolute atomic E-state index is 9.01. The van der Waals surface area contributed by atoms with Gasteiger partial charge in [-0.15, -0.1) is 10.2 Å². The van der Waals surface area contributed by atoms with Gasteiger partial charge in [-0.3, -0.25) is 0 Å². The average Bonchev–Trinajstić information content (AvgIpc) is 2.77. The first-order valence-electron chi connectivity index (χ1n) is 5.57. The summed E-state index contributed by atoms with van der Waals surface area (Å²) in [4.78, 5) is 0. The molecule has 1 aromatic carbocycles. The minimum Gasteiger partial charge on any atom is -0.388 e. The van der Waals surface area contributed by atoms with Gasteiger partial charge in [-0.1, -0.05) is 47.3 Å². The van der Waals surface area contributed by atoms with Crippen molar-refractivity contribution in [2.75, 3.05) is 5.75 Å². The van der Waals surface area contributed by atoms with Crippen molar-refractivity contribution in [3.05, 3.63) is 40.7 Å². The van der Waals surface area contributed by atoms with E-state index in [0.29, 0.717) is 16.6 Å². The first-order chi connectivity index (χ1) is 9.22. The Labute approximate surface area is 120 Å². The highest BCUT2D eigenvalue weighted by atomic mass is 35.5. The van der Waals surface area contributed by atoms with Gasteiger partial charge in [-0.25, -0.2) is 0 Å². The van der Waals surface area contributed by atoms with E-state index < -0.39 is 0 Å². The molecule has 98 valence electrons. The fourth-order valence-electron chi connectivity index (χ4n) is 1.40. The zero-order valence-electron chi connectivity index (χ0n) is 10.3. The fraction of sp³-hybridized carbons (Fsp3) is 0.231. The molecular weight excluding hydrogens is 282 g/mol. The van der Waals surface area contributed by atoms with E-state index >= 15 is 0 Å². The van der Waals surface area contributed by atoms with Crippen LogP contribution in [-0.4, -0.2) is 25.6 Å². The molecule has 0 amide bonds. The van der Waals surface area contributed by atoms with E-state index in [0.717, 1.165) is 10.7 Å². The molecule has 0 spiro atoms. The van der Waals surface area contributed by atoms with Gasteiger partial charge in [0.1, 0.15) is 6.61 Å². The van der Waals surface area contributed by atoms with Crippen LogP contribution in [0.4, 0.5) is 0 Å². The number of aliphatic hydroxyl groups is 1. The first-order valence-corrected chi connectivity index (χ1v) is 6.94. The number of benzene rings is 1. The lowest BCUT2D eigenvalue weighted by Gasteiger charge is -1.98. The Morgan fingerprint density at radius 3 is 2.84 bits per heavy atom. The molecule has 19 heavy (non-hydrogen) atoms. The zero-order valence-corrected chi connectivity index (χ0v) is 11.9. The van der Waals surface area contributed by atoms with Crippen molar-refractivity contribution in [1.29, 1.82) is 0 Å². The number of aromatic nitrogens is 3. The van der Waals surface area contributed by atoms with Gasteiger partial charge in [-0.05, 0) is 12.1 Å². The molecule has 1 heterocycles. The molecule has 0 atom stereocenters. The Balaban J connectivity index is 1.98. The van der Waals surface area contributed by atoms with Crippen LogP contribution in [0.3, 0.4) is 0 Å². The van der Waals surface area contributed by atoms with E-state index in [4.69, 9.17) is 16.7 Å². The molecule has 0 bridgehead atoms. The minimum atomic E-state index is -0.116. The van der Waals surface area contributed by atoms with Crippen LogP contribution in [0, 0.1) is 11.8 Å². The van der Waals surface area contributed by atoms with E-state index in [1.165, 1.54) is 11.8 Å². The third kappa shape index (κ3) is 3.51. The number of halogens is 1. The summed E-state index contributed by atoms with van der Waals surface area (Å²) < 4.78 is 1.75. The number of hydrogen-bond acceptors (Lipinski definition) is 4. The van der Waals surface area contributed by atoms with E-state index in [2.05, 4.69) is 22.0 Å². The number of rotatable bonds is 3. The number of thioether (sulfide) groups is 1. The molecule has 0 fully saturated rings. The summed E-state index contributed by atoms with van der Waals surface area (Å²) >= 11 is 7.47. The quantitative estimate of drug-likeness (QED) is 0.695. The van der Waals surface area contributed by atoms with E-state index in [-0.39, 0.29) is 6.61 Å². The van der Waals surface area contributed by atoms with Crippen LogP contribution in [0.1, 0.15) is 11.4 Å². The Hall–Kier alpha value is -1.48. The summed E-state index contributed by atoms with van der Waals surface area (Å²) in [7, 11) is 1.81. The monoisotopic (exact) mass is 293 g/mol. The van der Waals surface area contributed by atoms with Crippen LogP contribution >= 0.6 is 23.4 Å². The molecule has 0 saturated carbocycles. The van der Waals surface area contributed by atoms with Crippen molar-refractivity contribution < 1.29 is 5.11 Å². The predicted octanol–water partition coefficient (Wildman–Crippen LogP) is 2.10. The van der Waals surface area contributed by atoms with Gasteiger partial charge in [0.15, 0.2) is 11.0 Å². The molecular formula is C13H12ClN3OS. The Kier molecular flexibility index (Phi) is 4.86. The van der Waals surface area contributed by atoms with Crippen LogP contribution in [-0.2, 0) is 13.7 Å². The van der Waals surface area contributed by atoms with Crippen molar-refractivity contribution in [3.8, 4) is 11.8 Å². The smallest absolute Gasteiger partial charge is 0.191 e. The van der Waals surface area contributed by atoms with E-state index in [9.17, 15) is 0 Å². The topological polar surface area (TPSA) is 50.9 Å². The van der Waals surface area contributed by atoms with E-state index in [1.54, 1.807) is 4.57 Å². The maximum atomic E-state index is 9.01. The molecule has 4 nitrogen and oxygen atoms in total. The fourth-order valence-corrected chi connectivity index (χ4v) is 2.26. The molecule has 0 saturated heterocycles. The van der Waals surface area contributed by atoms with E-state index in [1.807, 2.05) is 31.3 Å². The van der Waals surface area contributed by atoms with Gasteiger partial charge in [0.25, 0.3) is 0 Å². The van der Waals surface area contributed by atoms with Crippen LogP contribution in [0.15, 0.2) is 29.4 Å². The summed E-state index contributed by atoms with van der Waals surface area (Å²) in [6.07, 6.45) is 0. The van der Waals surface area contributed by atoms with Crippen LogP contribution in [0.25, 0.3) is 0 Å². The molecule has 0 aliphatic rings. The molecule has 0 aliphatic heterocycles. The van der Waals surface area contributed by atoms with Gasteiger partial charge in [0.2, 0.25) is 0 Å². The molecule has 0 radical (unpaired) electrons. The Morgan fingerprint density at radius 2 is 2.16 bits per heavy atom. The second kappa shape index (κ2) is 6.62. The third-order valence-corrected chi connectivity index (χ3v) is 3.67. The highest BCUT2D eigenvalue weighted by Crippen LogP contribution is 2.16. The largest absolute Gasteiger partial charge is 0.388 e. The molecule has 2 rings (SSSR count). The number of hydrogen-bond donors (Lipinski definition) is 1. The lowest BCUT2D eigenvalue weighted by atomic mass is 10.2.